The van der Waals surface area contributed by atoms with Crippen molar-refractivity contribution in [3.63, 3.8) is 0 Å². The van der Waals surface area contributed by atoms with Crippen molar-refractivity contribution in [2.24, 2.45) is 18.6 Å². The zero-order valence-corrected chi connectivity index (χ0v) is 34.0. The molecule has 1 unspecified atom stereocenters. The number of nitrogens with zero attached hydrogens (tertiary/aromatic N) is 5. The van der Waals surface area contributed by atoms with Crippen LogP contribution in [0.5, 0.6) is 17.2 Å². The van der Waals surface area contributed by atoms with E-state index in [-0.39, 0.29) is 43.7 Å². The molecule has 2 aromatic heterocycles. The molecule has 2 aromatic carbocycles. The molecule has 2 saturated heterocycles. The molecule has 17 heteroatoms. The topological polar surface area (TPSA) is 214 Å². The summed E-state index contributed by atoms with van der Waals surface area (Å²) >= 11 is 0. The smallest absolute Gasteiger partial charge is 0.262 e. The normalized spacial score (nSPS) is 17.6. The summed E-state index contributed by atoms with van der Waals surface area (Å²) in [5.74, 6) is 5.80. The Balaban J connectivity index is 0.00000622. The van der Waals surface area contributed by atoms with Gasteiger partial charge in [0.05, 0.1) is 61.3 Å². The Labute approximate surface area is 348 Å². The molecule has 2 fully saturated rings. The predicted octanol–water partition coefficient (Wildman–Crippen LogP) is 3.08. The number of carbonyl (C=O) groups is 4. The summed E-state index contributed by atoms with van der Waals surface area (Å²) in [5, 5.41) is 5.07. The lowest BCUT2D eigenvalue weighted by atomic mass is 9.98. The van der Waals surface area contributed by atoms with Gasteiger partial charge in [-0.3, -0.25) is 44.1 Å². The van der Waals surface area contributed by atoms with Crippen LogP contribution >= 0.6 is 0 Å². The molecule has 7 rings (SSSR count). The molecule has 0 spiro atoms. The Morgan fingerprint density at radius 2 is 1.68 bits per heavy atom. The van der Waals surface area contributed by atoms with Gasteiger partial charge in [-0.05, 0) is 79.5 Å². The van der Waals surface area contributed by atoms with E-state index in [1.54, 1.807) is 50.5 Å². The van der Waals surface area contributed by atoms with E-state index in [2.05, 4.69) is 15.2 Å². The molecule has 5 heterocycles. The lowest BCUT2D eigenvalue weighted by Gasteiger charge is -2.32. The number of carbonyl (C=O) groups excluding carboxylic acids is 4. The fourth-order valence-electron chi connectivity index (χ4n) is 7.95. The van der Waals surface area contributed by atoms with Crippen molar-refractivity contribution in [1.82, 2.24) is 29.7 Å². The van der Waals surface area contributed by atoms with E-state index in [0.29, 0.717) is 60.9 Å². The number of aryl methyl sites for hydroxylation is 1. The number of likely N-dealkylation sites (tertiary alicyclic amines) is 1. The second-order valence-corrected chi connectivity index (χ2v) is 15.2. The number of imide groups is 2. The molecule has 60 heavy (non-hydrogen) atoms. The molecule has 3 aliphatic heterocycles. The van der Waals surface area contributed by atoms with E-state index in [4.69, 9.17) is 30.5 Å². The molecule has 0 aliphatic carbocycles. The number of fused-ring (bicyclic) bond motifs is 2. The number of aromatic nitrogens is 2. The average molecular weight is 825 g/mol. The number of benzene rings is 2. The van der Waals surface area contributed by atoms with Crippen LogP contribution in [0.2, 0.25) is 0 Å². The Morgan fingerprint density at radius 1 is 0.950 bits per heavy atom. The highest BCUT2D eigenvalue weighted by atomic mass is 16.5. The Kier molecular flexibility index (Phi) is 12.8. The highest BCUT2D eigenvalue weighted by Gasteiger charge is 2.44. The fraction of sp³-hybridized carbons (Fsp3) is 0.395. The number of rotatable bonds is 16. The Bertz CT molecular complexity index is 2370. The third kappa shape index (κ3) is 8.97. The molecular formula is C43H52N8O9. The van der Waals surface area contributed by atoms with Gasteiger partial charge in [-0.15, -0.1) is 0 Å². The van der Waals surface area contributed by atoms with Crippen molar-refractivity contribution in [3.8, 4) is 28.4 Å². The molecule has 4 amide bonds. The summed E-state index contributed by atoms with van der Waals surface area (Å²) in [7, 11) is 5.03. The first-order valence-electron chi connectivity index (χ1n) is 19.9. The van der Waals surface area contributed by atoms with Crippen LogP contribution in [0.3, 0.4) is 0 Å². The summed E-state index contributed by atoms with van der Waals surface area (Å²) in [6.07, 6.45) is 9.98. The minimum absolute atomic E-state index is 0. The first-order valence-corrected chi connectivity index (χ1v) is 19.9. The van der Waals surface area contributed by atoms with Crippen LogP contribution < -0.4 is 36.7 Å². The number of hydrogen-bond acceptors (Lipinski definition) is 14. The molecule has 0 saturated carbocycles. The van der Waals surface area contributed by atoms with E-state index in [9.17, 15) is 24.0 Å². The van der Waals surface area contributed by atoms with Crippen LogP contribution in [0.4, 0.5) is 0 Å². The lowest BCUT2D eigenvalue weighted by Crippen LogP contribution is -2.54. The van der Waals surface area contributed by atoms with Gasteiger partial charge in [0.15, 0.2) is 0 Å². The predicted molar refractivity (Wildman–Crippen MR) is 223 cm³/mol. The van der Waals surface area contributed by atoms with Crippen molar-refractivity contribution in [2.45, 2.75) is 57.2 Å². The highest BCUT2D eigenvalue weighted by molar-refractivity contribution is 6.23. The van der Waals surface area contributed by atoms with Crippen LogP contribution in [0.15, 0.2) is 71.7 Å². The SMILES string of the molecule is COc1cc(-c2cn(C)c(=O)c3cnccc23)cc(OC)c1CN1CCC(OC/C(N)=C/N(N)CCCCOc2ccc3c(c2)C(=O)N(C2CCC(=O)NC2=O)C3=O)CC1.[HH]. The van der Waals surface area contributed by atoms with Gasteiger partial charge in [-0.25, -0.2) is 5.84 Å². The molecule has 4 aromatic rings. The second kappa shape index (κ2) is 18.3. The lowest BCUT2D eigenvalue weighted by molar-refractivity contribution is -0.136. The second-order valence-electron chi connectivity index (χ2n) is 15.2. The monoisotopic (exact) mass is 824 g/mol. The number of nitrogens with one attached hydrogen (secondary N) is 1. The zero-order chi connectivity index (χ0) is 42.5. The molecule has 0 radical (unpaired) electrons. The number of piperidine rings is 2. The van der Waals surface area contributed by atoms with E-state index >= 15 is 0 Å². The van der Waals surface area contributed by atoms with E-state index in [1.807, 2.05) is 24.4 Å². The van der Waals surface area contributed by atoms with Crippen LogP contribution in [0, 0.1) is 0 Å². The van der Waals surface area contributed by atoms with E-state index in [0.717, 1.165) is 52.9 Å². The summed E-state index contributed by atoms with van der Waals surface area (Å²) in [6.45, 7) is 3.38. The summed E-state index contributed by atoms with van der Waals surface area (Å²) in [6, 6.07) is 9.45. The Morgan fingerprint density at radius 3 is 2.40 bits per heavy atom. The minimum atomic E-state index is -1.02. The molecule has 318 valence electrons. The van der Waals surface area contributed by atoms with Crippen molar-refractivity contribution < 1.29 is 39.6 Å². The first kappa shape index (κ1) is 41.8. The van der Waals surface area contributed by atoms with Crippen LogP contribution in [-0.4, -0.2) is 107 Å². The maximum absolute atomic E-state index is 13.1. The highest BCUT2D eigenvalue weighted by Crippen LogP contribution is 2.38. The van der Waals surface area contributed by atoms with Crippen LogP contribution in [0.25, 0.3) is 21.9 Å². The number of amides is 4. The third-order valence-corrected chi connectivity index (χ3v) is 11.1. The maximum atomic E-state index is 13.1. The van der Waals surface area contributed by atoms with Gasteiger partial charge in [0, 0.05) is 71.4 Å². The third-order valence-electron chi connectivity index (χ3n) is 11.1. The summed E-state index contributed by atoms with van der Waals surface area (Å²) in [5.41, 5.74) is 9.73. The average Bonchev–Trinajstić information content (AvgIpc) is 3.49. The molecule has 3 aliphatic rings. The fourth-order valence-corrected chi connectivity index (χ4v) is 7.95. The Hall–Kier alpha value is -6.30. The molecule has 0 bridgehead atoms. The van der Waals surface area contributed by atoms with Crippen molar-refractivity contribution in [2.75, 3.05) is 47.1 Å². The van der Waals surface area contributed by atoms with Crippen LogP contribution in [0.1, 0.15) is 66.2 Å². The van der Waals surface area contributed by atoms with Crippen molar-refractivity contribution >= 4 is 34.4 Å². The zero-order valence-electron chi connectivity index (χ0n) is 34.0. The number of pyridine rings is 2. The standard InChI is InChI=1S/C43H50N8O9.H2/c1-48-23-34(30-10-13-46-21-33(30)41(48)54)26-18-37(57-2)35(38(19-26)58-3)24-49-15-11-28(12-16-49)60-25-27(44)22-50(45)14-4-5-17-59-29-6-7-31-32(20-29)43(56)51(42(31)55)36-8-9-39(52)47-40(36)53;/h6-7,10,13,18-23,28,36H,4-5,8-9,11-12,14-17,24-25,44-45H2,1-3H3,(H,47,52,53);1H/b27-22-;. The van der Waals surface area contributed by atoms with Gasteiger partial charge in [0.1, 0.15) is 23.3 Å². The van der Waals surface area contributed by atoms with Gasteiger partial charge in [-0.1, -0.05) is 0 Å². The largest absolute Gasteiger partial charge is 0.496 e. The summed E-state index contributed by atoms with van der Waals surface area (Å²) in [4.78, 5) is 70.1. The molecular weight excluding hydrogens is 773 g/mol. The number of ether oxygens (including phenoxy) is 4. The number of methoxy groups -OCH3 is 2. The van der Waals surface area contributed by atoms with Crippen LogP contribution in [-0.2, 0) is 27.9 Å². The molecule has 5 N–H and O–H groups in total. The number of unbranched alkanes of at least 4 members (excludes halogenated alkanes) is 1. The van der Waals surface area contributed by atoms with Crippen molar-refractivity contribution in [3.05, 3.63) is 93.9 Å². The maximum Gasteiger partial charge on any atom is 0.262 e. The van der Waals surface area contributed by atoms with Gasteiger partial charge in [-0.2, -0.15) is 0 Å². The van der Waals surface area contributed by atoms with E-state index in [1.165, 1.54) is 17.1 Å². The summed E-state index contributed by atoms with van der Waals surface area (Å²) < 4.78 is 25.3. The quantitative estimate of drug-likeness (QED) is 0.0642. The van der Waals surface area contributed by atoms with Gasteiger partial charge in [0.25, 0.3) is 17.4 Å². The molecule has 17 nitrogen and oxygen atoms in total. The van der Waals surface area contributed by atoms with E-state index < -0.39 is 29.7 Å². The number of hydrogen-bond donors (Lipinski definition) is 3. The van der Waals surface area contributed by atoms with Gasteiger partial charge >= 0.3 is 0 Å². The molecule has 1 atom stereocenters. The number of nitrogens with two attached hydrogens (primary N) is 2. The number of hydrazine groups is 1. The minimum Gasteiger partial charge on any atom is -0.496 e. The first-order chi connectivity index (χ1) is 28.9. The van der Waals surface area contributed by atoms with Gasteiger partial charge < -0.3 is 34.3 Å². The van der Waals surface area contributed by atoms with Gasteiger partial charge in [0.2, 0.25) is 11.8 Å². The van der Waals surface area contributed by atoms with Crippen molar-refractivity contribution in [1.29, 1.82) is 0 Å².